The lowest BCUT2D eigenvalue weighted by molar-refractivity contribution is 0.0697. The van der Waals surface area contributed by atoms with Crippen molar-refractivity contribution in [3.05, 3.63) is 29.3 Å². The first-order valence-electron chi connectivity index (χ1n) is 6.24. The lowest BCUT2D eigenvalue weighted by Crippen LogP contribution is -2.35. The molecule has 0 aromatic heterocycles. The molecule has 0 radical (unpaired) electrons. The van der Waals surface area contributed by atoms with Crippen LogP contribution in [0.15, 0.2) is 12.1 Å². The molecule has 6 nitrogen and oxygen atoms in total. The molecule has 0 aliphatic rings. The fraction of sp³-hybridized carbons (Fsp3) is 0.385. The molecule has 1 atom stereocenters. The van der Waals surface area contributed by atoms with Crippen molar-refractivity contribution in [2.24, 2.45) is 0 Å². The quantitative estimate of drug-likeness (QED) is 0.752. The summed E-state index contributed by atoms with van der Waals surface area (Å²) in [5, 5.41) is 13.5. The molecule has 1 rings (SSSR count). The SMILES string of the molecule is CCOC(C)CNC(=O)Nc1cc(F)c(F)cc1C(=O)O. The van der Waals surface area contributed by atoms with Crippen LogP contribution in [0.4, 0.5) is 19.3 Å². The lowest BCUT2D eigenvalue weighted by atomic mass is 10.1. The highest BCUT2D eigenvalue weighted by Crippen LogP contribution is 2.20. The van der Waals surface area contributed by atoms with Gasteiger partial charge >= 0.3 is 12.0 Å². The molecule has 1 aromatic rings. The molecule has 0 fully saturated rings. The molecule has 0 aliphatic carbocycles. The van der Waals surface area contributed by atoms with E-state index in [0.29, 0.717) is 18.7 Å². The van der Waals surface area contributed by atoms with Crippen molar-refractivity contribution in [3.63, 3.8) is 0 Å². The maximum Gasteiger partial charge on any atom is 0.337 e. The van der Waals surface area contributed by atoms with E-state index in [9.17, 15) is 18.4 Å². The number of benzene rings is 1. The second kappa shape index (κ2) is 7.53. The van der Waals surface area contributed by atoms with Crippen molar-refractivity contribution in [1.29, 1.82) is 0 Å². The Morgan fingerprint density at radius 3 is 2.52 bits per heavy atom. The first-order valence-corrected chi connectivity index (χ1v) is 6.24. The highest BCUT2D eigenvalue weighted by molar-refractivity contribution is 6.00. The molecule has 1 aromatic carbocycles. The number of aromatic carboxylic acids is 1. The molecule has 0 spiro atoms. The number of urea groups is 1. The molecule has 3 N–H and O–H groups in total. The van der Waals surface area contributed by atoms with Crippen LogP contribution < -0.4 is 10.6 Å². The molecule has 0 bridgehead atoms. The average molecular weight is 302 g/mol. The number of rotatable bonds is 6. The molecule has 0 heterocycles. The van der Waals surface area contributed by atoms with Gasteiger partial charge in [0, 0.05) is 19.2 Å². The van der Waals surface area contributed by atoms with Gasteiger partial charge in [0.1, 0.15) is 0 Å². The van der Waals surface area contributed by atoms with Gasteiger partial charge in [-0.25, -0.2) is 18.4 Å². The number of halogens is 2. The summed E-state index contributed by atoms with van der Waals surface area (Å²) < 4.78 is 31.3. The summed E-state index contributed by atoms with van der Waals surface area (Å²) in [5.41, 5.74) is -0.870. The van der Waals surface area contributed by atoms with E-state index in [1.807, 2.05) is 0 Å². The number of hydrogen-bond donors (Lipinski definition) is 3. The van der Waals surface area contributed by atoms with Gasteiger partial charge in [-0.2, -0.15) is 0 Å². The molecule has 8 heteroatoms. The summed E-state index contributed by atoms with van der Waals surface area (Å²) in [4.78, 5) is 22.5. The van der Waals surface area contributed by atoms with E-state index in [-0.39, 0.29) is 18.3 Å². The fourth-order valence-corrected chi connectivity index (χ4v) is 1.57. The summed E-state index contributed by atoms with van der Waals surface area (Å²) in [6, 6.07) is 0.385. The van der Waals surface area contributed by atoms with Crippen molar-refractivity contribution in [2.45, 2.75) is 20.0 Å². The maximum atomic E-state index is 13.1. The molecule has 21 heavy (non-hydrogen) atoms. The Kier molecular flexibility index (Phi) is 6.04. The smallest absolute Gasteiger partial charge is 0.337 e. The Hall–Kier alpha value is -2.22. The summed E-state index contributed by atoms with van der Waals surface area (Å²) in [6.45, 7) is 4.21. The van der Waals surface area contributed by atoms with E-state index in [2.05, 4.69) is 10.6 Å². The van der Waals surface area contributed by atoms with Crippen LogP contribution in [0.25, 0.3) is 0 Å². The Balaban J connectivity index is 2.76. The Morgan fingerprint density at radius 2 is 1.95 bits per heavy atom. The van der Waals surface area contributed by atoms with E-state index in [4.69, 9.17) is 9.84 Å². The zero-order valence-electron chi connectivity index (χ0n) is 11.6. The molecule has 0 aliphatic heterocycles. The number of nitrogens with one attached hydrogen (secondary N) is 2. The highest BCUT2D eigenvalue weighted by atomic mass is 19.2. The van der Waals surface area contributed by atoms with Gasteiger partial charge < -0.3 is 20.5 Å². The van der Waals surface area contributed by atoms with Gasteiger partial charge in [0.25, 0.3) is 0 Å². The topological polar surface area (TPSA) is 87.7 Å². The van der Waals surface area contributed by atoms with Crippen LogP contribution in [0, 0.1) is 11.6 Å². The van der Waals surface area contributed by atoms with Crippen molar-refractivity contribution in [3.8, 4) is 0 Å². The predicted molar refractivity (Wildman–Crippen MR) is 71.4 cm³/mol. The molecule has 1 unspecified atom stereocenters. The third-order valence-electron chi connectivity index (χ3n) is 2.54. The summed E-state index contributed by atoms with van der Waals surface area (Å²) in [5.74, 6) is -4.03. The molecule has 116 valence electrons. The van der Waals surface area contributed by atoms with E-state index in [1.54, 1.807) is 13.8 Å². The number of carboxylic acids is 1. The standard InChI is InChI=1S/C13H16F2N2O4/c1-3-21-7(2)6-16-13(20)17-11-5-10(15)9(14)4-8(11)12(18)19/h4-5,7H,3,6H2,1-2H3,(H,18,19)(H2,16,17,20). The molecule has 0 saturated carbocycles. The van der Waals surface area contributed by atoms with Crippen LogP contribution in [0.2, 0.25) is 0 Å². The van der Waals surface area contributed by atoms with Crippen LogP contribution in [-0.4, -0.2) is 36.4 Å². The van der Waals surface area contributed by atoms with Crippen LogP contribution in [0.1, 0.15) is 24.2 Å². The van der Waals surface area contributed by atoms with Crippen LogP contribution >= 0.6 is 0 Å². The minimum Gasteiger partial charge on any atom is -0.478 e. The normalized spacial score (nSPS) is 11.8. The van der Waals surface area contributed by atoms with Gasteiger partial charge in [0.2, 0.25) is 0 Å². The van der Waals surface area contributed by atoms with E-state index in [1.165, 1.54) is 0 Å². The second-order valence-corrected chi connectivity index (χ2v) is 4.22. The number of carbonyl (C=O) groups excluding carboxylic acids is 1. The van der Waals surface area contributed by atoms with Crippen molar-refractivity contribution < 1.29 is 28.2 Å². The first kappa shape index (κ1) is 16.8. The van der Waals surface area contributed by atoms with Crippen LogP contribution in [0.5, 0.6) is 0 Å². The van der Waals surface area contributed by atoms with E-state index >= 15 is 0 Å². The summed E-state index contributed by atoms with van der Waals surface area (Å²) >= 11 is 0. The summed E-state index contributed by atoms with van der Waals surface area (Å²) in [7, 11) is 0. The van der Waals surface area contributed by atoms with E-state index < -0.39 is 29.2 Å². The Morgan fingerprint density at radius 1 is 1.33 bits per heavy atom. The Bertz CT molecular complexity index is 537. The largest absolute Gasteiger partial charge is 0.478 e. The maximum absolute atomic E-state index is 13.1. The van der Waals surface area contributed by atoms with Crippen molar-refractivity contribution in [1.82, 2.24) is 5.32 Å². The third kappa shape index (κ3) is 4.99. The van der Waals surface area contributed by atoms with Crippen molar-refractivity contribution in [2.75, 3.05) is 18.5 Å². The molecule has 0 saturated heterocycles. The average Bonchev–Trinajstić information content (AvgIpc) is 2.40. The van der Waals surface area contributed by atoms with Crippen LogP contribution in [0.3, 0.4) is 0 Å². The number of ether oxygens (including phenoxy) is 1. The monoisotopic (exact) mass is 302 g/mol. The summed E-state index contributed by atoms with van der Waals surface area (Å²) in [6.07, 6.45) is -0.232. The van der Waals surface area contributed by atoms with Gasteiger partial charge in [-0.15, -0.1) is 0 Å². The number of anilines is 1. The number of carbonyl (C=O) groups is 2. The van der Waals surface area contributed by atoms with Gasteiger partial charge in [-0.1, -0.05) is 0 Å². The van der Waals surface area contributed by atoms with Gasteiger partial charge in [0.05, 0.1) is 17.4 Å². The fourth-order valence-electron chi connectivity index (χ4n) is 1.57. The highest BCUT2D eigenvalue weighted by Gasteiger charge is 2.17. The van der Waals surface area contributed by atoms with Crippen LogP contribution in [-0.2, 0) is 4.74 Å². The minimum absolute atomic E-state index is 0.186. The lowest BCUT2D eigenvalue weighted by Gasteiger charge is -2.14. The number of carboxylic acid groups (broad SMARTS) is 1. The zero-order chi connectivity index (χ0) is 16.0. The molecular weight excluding hydrogens is 286 g/mol. The van der Waals surface area contributed by atoms with Gasteiger partial charge in [-0.05, 0) is 19.9 Å². The van der Waals surface area contributed by atoms with Gasteiger partial charge in [0.15, 0.2) is 11.6 Å². The number of hydrogen-bond acceptors (Lipinski definition) is 3. The third-order valence-corrected chi connectivity index (χ3v) is 2.54. The Labute approximate surface area is 120 Å². The van der Waals surface area contributed by atoms with E-state index in [0.717, 1.165) is 0 Å². The molecule has 2 amide bonds. The predicted octanol–water partition coefficient (Wildman–Crippen LogP) is 2.21. The number of amides is 2. The molecular formula is C13H16F2N2O4. The zero-order valence-corrected chi connectivity index (χ0v) is 11.6. The minimum atomic E-state index is -1.48. The van der Waals surface area contributed by atoms with Crippen molar-refractivity contribution >= 4 is 17.7 Å². The second-order valence-electron chi connectivity index (χ2n) is 4.22. The first-order chi connectivity index (χ1) is 9.85. The van der Waals surface area contributed by atoms with Gasteiger partial charge in [-0.3, -0.25) is 0 Å².